The lowest BCUT2D eigenvalue weighted by Gasteiger charge is -2.13. The molecule has 1 fully saturated rings. The fraction of sp³-hybridized carbons (Fsp3) is 0.583. The summed E-state index contributed by atoms with van der Waals surface area (Å²) in [6.45, 7) is 6.79. The van der Waals surface area contributed by atoms with Crippen LogP contribution in [0.25, 0.3) is 0 Å². The molecule has 1 aliphatic rings. The minimum absolute atomic E-state index is 0.00415. The van der Waals surface area contributed by atoms with E-state index in [1.807, 2.05) is 0 Å². The van der Waals surface area contributed by atoms with E-state index in [1.54, 1.807) is 4.90 Å². The van der Waals surface area contributed by atoms with Crippen LogP contribution in [0.4, 0.5) is 5.13 Å². The van der Waals surface area contributed by atoms with Crippen LogP contribution in [0.5, 0.6) is 0 Å². The summed E-state index contributed by atoms with van der Waals surface area (Å²) in [7, 11) is 0. The van der Waals surface area contributed by atoms with Gasteiger partial charge in [0, 0.05) is 24.3 Å². The van der Waals surface area contributed by atoms with E-state index >= 15 is 0 Å². The van der Waals surface area contributed by atoms with Gasteiger partial charge in [-0.25, -0.2) is 0 Å². The average Bonchev–Trinajstić information content (AvgIpc) is 2.82. The van der Waals surface area contributed by atoms with Crippen molar-refractivity contribution in [1.82, 2.24) is 10.2 Å². The first-order valence-electron chi connectivity index (χ1n) is 5.52. The molecule has 0 aromatic carbocycles. The molecule has 90 valence electrons. The minimum atomic E-state index is -0.0375. The van der Waals surface area contributed by atoms with E-state index in [-0.39, 0.29) is 17.2 Å². The zero-order valence-electron chi connectivity index (χ0n) is 10.2. The third-order valence-electron chi connectivity index (χ3n) is 2.65. The van der Waals surface area contributed by atoms with Crippen molar-refractivity contribution in [1.29, 1.82) is 0 Å². The molecule has 1 aliphatic heterocycles. The number of hydrogen-bond donors (Lipinski definition) is 0. The van der Waals surface area contributed by atoms with Gasteiger partial charge in [-0.2, -0.15) is 0 Å². The molecule has 1 amide bonds. The fourth-order valence-corrected chi connectivity index (χ4v) is 2.56. The lowest BCUT2D eigenvalue weighted by molar-refractivity contribution is -0.117. The summed E-state index contributed by atoms with van der Waals surface area (Å²) in [5, 5.41) is 9.83. The van der Waals surface area contributed by atoms with Crippen LogP contribution in [-0.4, -0.2) is 22.6 Å². The zero-order chi connectivity index (χ0) is 12.6. The molecule has 0 spiro atoms. The third kappa shape index (κ3) is 2.32. The zero-order valence-corrected chi connectivity index (χ0v) is 11.0. The number of nitrogens with zero attached hydrogens (tertiary/aromatic N) is 3. The van der Waals surface area contributed by atoms with E-state index in [0.717, 1.165) is 5.01 Å². The maximum absolute atomic E-state index is 11.8. The Hall–Kier alpha value is -1.41. The van der Waals surface area contributed by atoms with Gasteiger partial charge < -0.3 is 0 Å². The van der Waals surface area contributed by atoms with Gasteiger partial charge in [0.15, 0.2) is 0 Å². The van der Waals surface area contributed by atoms with Crippen molar-refractivity contribution in [2.75, 3.05) is 11.4 Å². The first-order valence-corrected chi connectivity index (χ1v) is 6.34. The molecule has 2 rings (SSSR count). The third-order valence-corrected chi connectivity index (χ3v) is 4.02. The van der Waals surface area contributed by atoms with Crippen LogP contribution < -0.4 is 4.90 Å². The van der Waals surface area contributed by atoms with E-state index in [1.165, 1.54) is 11.3 Å². The molecule has 0 saturated carbocycles. The van der Waals surface area contributed by atoms with Crippen molar-refractivity contribution in [3.05, 3.63) is 5.01 Å². The van der Waals surface area contributed by atoms with E-state index in [0.29, 0.717) is 18.1 Å². The summed E-state index contributed by atoms with van der Waals surface area (Å²) < 4.78 is 0. The first kappa shape index (κ1) is 12.1. The second-order valence-corrected chi connectivity index (χ2v) is 6.17. The Morgan fingerprint density at radius 2 is 2.18 bits per heavy atom. The van der Waals surface area contributed by atoms with Crippen molar-refractivity contribution in [2.45, 2.75) is 32.6 Å². The molecule has 0 aliphatic carbocycles. The molecule has 0 N–H and O–H groups in total. The topological polar surface area (TPSA) is 46.1 Å². The SMILES string of the molecule is C#CC1CC(=O)N(c2nnc(C(C)(C)C)s2)C1. The Bertz CT molecular complexity index is 481. The first-order chi connectivity index (χ1) is 7.91. The number of anilines is 1. The Kier molecular flexibility index (Phi) is 2.92. The largest absolute Gasteiger partial charge is 0.285 e. The smallest absolute Gasteiger partial charge is 0.230 e. The second kappa shape index (κ2) is 4.11. The number of amides is 1. The Labute approximate surface area is 105 Å². The van der Waals surface area contributed by atoms with Gasteiger partial charge in [0.05, 0.1) is 0 Å². The number of rotatable bonds is 1. The van der Waals surface area contributed by atoms with Gasteiger partial charge in [0.2, 0.25) is 11.0 Å². The van der Waals surface area contributed by atoms with Crippen LogP contribution >= 0.6 is 11.3 Å². The molecule has 0 radical (unpaired) electrons. The minimum Gasteiger partial charge on any atom is -0.285 e. The van der Waals surface area contributed by atoms with Crippen molar-refractivity contribution in [2.24, 2.45) is 5.92 Å². The van der Waals surface area contributed by atoms with Crippen LogP contribution in [0.3, 0.4) is 0 Å². The predicted octanol–water partition coefficient (Wildman–Crippen LogP) is 1.82. The van der Waals surface area contributed by atoms with Crippen molar-refractivity contribution >= 4 is 22.4 Å². The molecule has 1 saturated heterocycles. The summed E-state index contributed by atoms with van der Waals surface area (Å²) in [5.74, 6) is 2.68. The summed E-state index contributed by atoms with van der Waals surface area (Å²) in [5.41, 5.74) is -0.0375. The molecule has 17 heavy (non-hydrogen) atoms. The predicted molar refractivity (Wildman–Crippen MR) is 67.9 cm³/mol. The lowest BCUT2D eigenvalue weighted by Crippen LogP contribution is -2.24. The molecular formula is C12H15N3OS. The van der Waals surface area contributed by atoms with Crippen molar-refractivity contribution in [3.8, 4) is 12.3 Å². The summed E-state index contributed by atoms with van der Waals surface area (Å²) in [4.78, 5) is 13.4. The van der Waals surface area contributed by atoms with Crippen LogP contribution in [0, 0.1) is 18.3 Å². The molecule has 1 unspecified atom stereocenters. The van der Waals surface area contributed by atoms with Gasteiger partial charge in [0.1, 0.15) is 5.01 Å². The molecule has 0 bridgehead atoms. The normalized spacial score (nSPS) is 20.7. The number of carbonyl (C=O) groups is 1. The Morgan fingerprint density at radius 3 is 2.65 bits per heavy atom. The second-order valence-electron chi connectivity index (χ2n) is 5.21. The summed E-state index contributed by atoms with van der Waals surface area (Å²) >= 11 is 1.47. The average molecular weight is 249 g/mol. The van der Waals surface area contributed by atoms with E-state index < -0.39 is 0 Å². The van der Waals surface area contributed by atoms with Gasteiger partial charge in [-0.3, -0.25) is 9.69 Å². The van der Waals surface area contributed by atoms with Crippen molar-refractivity contribution in [3.63, 3.8) is 0 Å². The maximum Gasteiger partial charge on any atom is 0.230 e. The van der Waals surface area contributed by atoms with Gasteiger partial charge in [-0.15, -0.1) is 22.5 Å². The summed E-state index contributed by atoms with van der Waals surface area (Å²) in [6.07, 6.45) is 5.77. The standard InChI is InChI=1S/C12H15N3OS/c1-5-8-6-9(16)15(7-8)11-14-13-10(17-11)12(2,3)4/h1,8H,6-7H2,2-4H3. The van der Waals surface area contributed by atoms with E-state index in [9.17, 15) is 4.79 Å². The van der Waals surface area contributed by atoms with Gasteiger partial charge in [-0.05, 0) is 0 Å². The molecule has 2 heterocycles. The number of carbonyl (C=O) groups excluding carboxylic acids is 1. The number of terminal acetylenes is 1. The van der Waals surface area contributed by atoms with Crippen LogP contribution in [0.2, 0.25) is 0 Å². The fourth-order valence-electron chi connectivity index (χ4n) is 1.63. The van der Waals surface area contributed by atoms with Crippen LogP contribution in [0.1, 0.15) is 32.2 Å². The van der Waals surface area contributed by atoms with Crippen LogP contribution in [-0.2, 0) is 10.2 Å². The maximum atomic E-state index is 11.8. The Morgan fingerprint density at radius 1 is 1.47 bits per heavy atom. The quantitative estimate of drug-likeness (QED) is 0.713. The summed E-state index contributed by atoms with van der Waals surface area (Å²) in [6, 6.07) is 0. The van der Waals surface area contributed by atoms with Gasteiger partial charge >= 0.3 is 0 Å². The van der Waals surface area contributed by atoms with E-state index in [4.69, 9.17) is 6.42 Å². The lowest BCUT2D eigenvalue weighted by atomic mass is 9.98. The molecule has 1 aromatic rings. The highest BCUT2D eigenvalue weighted by atomic mass is 32.1. The molecular weight excluding hydrogens is 234 g/mol. The molecule has 1 aromatic heterocycles. The molecule has 1 atom stereocenters. The van der Waals surface area contributed by atoms with Crippen LogP contribution in [0.15, 0.2) is 0 Å². The van der Waals surface area contributed by atoms with E-state index in [2.05, 4.69) is 36.9 Å². The van der Waals surface area contributed by atoms with Crippen molar-refractivity contribution < 1.29 is 4.79 Å². The highest BCUT2D eigenvalue weighted by Gasteiger charge is 2.32. The highest BCUT2D eigenvalue weighted by Crippen LogP contribution is 2.32. The number of aromatic nitrogens is 2. The monoisotopic (exact) mass is 249 g/mol. The van der Waals surface area contributed by atoms with Gasteiger partial charge in [-0.1, -0.05) is 32.1 Å². The molecule has 5 heteroatoms. The molecule has 4 nitrogen and oxygen atoms in total. The Balaban J connectivity index is 2.22. The number of hydrogen-bond acceptors (Lipinski definition) is 4. The highest BCUT2D eigenvalue weighted by molar-refractivity contribution is 7.15. The van der Waals surface area contributed by atoms with Gasteiger partial charge in [0.25, 0.3) is 0 Å².